The number of thiophene rings is 1. The van der Waals surface area contributed by atoms with Gasteiger partial charge in [-0.2, -0.15) is 0 Å². The summed E-state index contributed by atoms with van der Waals surface area (Å²) in [7, 11) is 0. The van der Waals surface area contributed by atoms with Crippen LogP contribution in [0.3, 0.4) is 0 Å². The maximum absolute atomic E-state index is 10.3. The van der Waals surface area contributed by atoms with E-state index in [9.17, 15) is 5.11 Å². The summed E-state index contributed by atoms with van der Waals surface area (Å²) in [5.74, 6) is 0. The number of morpholine rings is 1. The fraction of sp³-hybridized carbons (Fsp3) is 0.667. The minimum atomic E-state index is -0.536. The molecule has 0 spiro atoms. The summed E-state index contributed by atoms with van der Waals surface area (Å²) in [5, 5.41) is 12.3. The lowest BCUT2D eigenvalue weighted by molar-refractivity contribution is -0.0953. The molecule has 2 heterocycles. The summed E-state index contributed by atoms with van der Waals surface area (Å²) in [5.41, 5.74) is 0. The smallest absolute Gasteiger partial charge is 0.117 e. The fourth-order valence-corrected chi connectivity index (χ4v) is 3.69. The Bertz CT molecular complexity index is 369. The highest BCUT2D eigenvalue weighted by Crippen LogP contribution is 2.33. The minimum Gasteiger partial charge on any atom is -0.385 e. The van der Waals surface area contributed by atoms with Gasteiger partial charge in [-0.15, -0.1) is 11.3 Å². The number of hydrogen-bond donors (Lipinski definition) is 1. The normalized spacial score (nSPS) is 24.2. The van der Waals surface area contributed by atoms with E-state index in [1.165, 1.54) is 0 Å². The van der Waals surface area contributed by atoms with Crippen LogP contribution in [-0.4, -0.2) is 41.8 Å². The summed E-state index contributed by atoms with van der Waals surface area (Å²) in [6.07, 6.45) is -0.660. The van der Waals surface area contributed by atoms with Crippen molar-refractivity contribution in [3.05, 3.63) is 20.8 Å². The van der Waals surface area contributed by atoms with E-state index in [4.69, 9.17) is 4.74 Å². The van der Waals surface area contributed by atoms with Crippen LogP contribution in [0.1, 0.15) is 24.8 Å². The quantitative estimate of drug-likeness (QED) is 0.929. The summed E-state index contributed by atoms with van der Waals surface area (Å²) < 4.78 is 6.67. The Morgan fingerprint density at radius 3 is 2.94 bits per heavy atom. The summed E-state index contributed by atoms with van der Waals surface area (Å²) in [6.45, 7) is 6.80. The van der Waals surface area contributed by atoms with Crippen LogP contribution in [0.5, 0.6) is 0 Å². The van der Waals surface area contributed by atoms with Crippen LogP contribution in [0.4, 0.5) is 0 Å². The Balaban J connectivity index is 2.05. The van der Waals surface area contributed by atoms with Crippen LogP contribution in [0.25, 0.3) is 0 Å². The van der Waals surface area contributed by atoms with E-state index < -0.39 is 6.10 Å². The molecule has 1 aromatic heterocycles. The Kier molecular flexibility index (Phi) is 4.60. The number of hydrogen-bond acceptors (Lipinski definition) is 4. The van der Waals surface area contributed by atoms with Crippen molar-refractivity contribution in [3.8, 4) is 0 Å². The highest BCUT2D eigenvalue weighted by atomic mass is 79.9. The van der Waals surface area contributed by atoms with Crippen LogP contribution in [-0.2, 0) is 4.74 Å². The molecular weight excluding hydrogens is 302 g/mol. The van der Waals surface area contributed by atoms with Crippen molar-refractivity contribution in [2.75, 3.05) is 19.7 Å². The number of aliphatic hydroxyl groups is 1. The van der Waals surface area contributed by atoms with Crippen LogP contribution >= 0.6 is 27.3 Å². The molecule has 1 aromatic rings. The minimum absolute atomic E-state index is 0.124. The molecule has 2 unspecified atom stereocenters. The van der Waals surface area contributed by atoms with Crippen molar-refractivity contribution in [2.45, 2.75) is 32.1 Å². The largest absolute Gasteiger partial charge is 0.385 e. The third kappa shape index (κ3) is 3.09. The number of aliphatic hydroxyl groups excluding tert-OH is 1. The van der Waals surface area contributed by atoms with E-state index in [1.807, 2.05) is 11.4 Å². The molecule has 96 valence electrons. The zero-order valence-corrected chi connectivity index (χ0v) is 12.5. The van der Waals surface area contributed by atoms with Gasteiger partial charge in [0.25, 0.3) is 0 Å². The lowest BCUT2D eigenvalue weighted by atomic mass is 10.1. The monoisotopic (exact) mass is 319 g/mol. The first-order valence-electron chi connectivity index (χ1n) is 5.86. The zero-order chi connectivity index (χ0) is 12.4. The fourth-order valence-electron chi connectivity index (χ4n) is 2.04. The summed E-state index contributed by atoms with van der Waals surface area (Å²) in [4.78, 5) is 3.31. The molecule has 2 atom stereocenters. The standard InChI is InChI=1S/C12H18BrNO2S/c1-8(2)14-4-5-16-10(7-14)11(15)12-9(13)3-6-17-12/h3,6,8,10-11,15H,4-5,7H2,1-2H3. The zero-order valence-electron chi connectivity index (χ0n) is 10.1. The molecule has 1 aliphatic rings. The molecule has 1 aliphatic heterocycles. The third-order valence-electron chi connectivity index (χ3n) is 3.12. The number of ether oxygens (including phenoxy) is 1. The first-order chi connectivity index (χ1) is 8.09. The van der Waals surface area contributed by atoms with Gasteiger partial charge in [0.1, 0.15) is 12.2 Å². The molecular formula is C12H18BrNO2S. The van der Waals surface area contributed by atoms with Crippen LogP contribution < -0.4 is 0 Å². The van der Waals surface area contributed by atoms with Gasteiger partial charge in [0.15, 0.2) is 0 Å². The molecule has 1 saturated heterocycles. The van der Waals surface area contributed by atoms with Crippen molar-refractivity contribution < 1.29 is 9.84 Å². The average molecular weight is 320 g/mol. The molecule has 2 rings (SSSR count). The molecule has 3 nitrogen and oxygen atoms in total. The Hall–Kier alpha value is 0.0600. The van der Waals surface area contributed by atoms with Gasteiger partial charge in [-0.1, -0.05) is 0 Å². The van der Waals surface area contributed by atoms with E-state index in [1.54, 1.807) is 11.3 Å². The molecule has 0 aliphatic carbocycles. The van der Waals surface area contributed by atoms with Crippen LogP contribution in [0.15, 0.2) is 15.9 Å². The molecule has 0 amide bonds. The van der Waals surface area contributed by atoms with Crippen molar-refractivity contribution >= 4 is 27.3 Å². The van der Waals surface area contributed by atoms with Crippen LogP contribution in [0.2, 0.25) is 0 Å². The lowest BCUT2D eigenvalue weighted by Crippen LogP contribution is -2.47. The molecule has 0 bridgehead atoms. The number of rotatable bonds is 3. The molecule has 17 heavy (non-hydrogen) atoms. The lowest BCUT2D eigenvalue weighted by Gasteiger charge is -2.37. The first-order valence-corrected chi connectivity index (χ1v) is 7.53. The molecule has 1 N–H and O–H groups in total. The van der Waals surface area contributed by atoms with Gasteiger partial charge in [0.05, 0.1) is 6.61 Å². The molecule has 5 heteroatoms. The first kappa shape index (κ1) is 13.5. The van der Waals surface area contributed by atoms with Crippen molar-refractivity contribution in [1.82, 2.24) is 4.90 Å². The maximum atomic E-state index is 10.3. The topological polar surface area (TPSA) is 32.7 Å². The maximum Gasteiger partial charge on any atom is 0.117 e. The van der Waals surface area contributed by atoms with Gasteiger partial charge in [-0.05, 0) is 41.2 Å². The van der Waals surface area contributed by atoms with Gasteiger partial charge in [-0.25, -0.2) is 0 Å². The Morgan fingerprint density at radius 1 is 1.59 bits per heavy atom. The molecule has 0 radical (unpaired) electrons. The highest BCUT2D eigenvalue weighted by molar-refractivity contribution is 9.10. The van der Waals surface area contributed by atoms with E-state index >= 15 is 0 Å². The summed E-state index contributed by atoms with van der Waals surface area (Å²) >= 11 is 5.02. The van der Waals surface area contributed by atoms with E-state index in [0.29, 0.717) is 12.6 Å². The third-order valence-corrected chi connectivity index (χ3v) is 5.06. The van der Waals surface area contributed by atoms with E-state index in [2.05, 4.69) is 34.7 Å². The second-order valence-corrected chi connectivity index (χ2v) is 6.38. The van der Waals surface area contributed by atoms with Gasteiger partial charge in [-0.3, -0.25) is 4.90 Å². The van der Waals surface area contributed by atoms with Gasteiger partial charge < -0.3 is 9.84 Å². The molecule has 0 aromatic carbocycles. The van der Waals surface area contributed by atoms with E-state index in [-0.39, 0.29) is 6.10 Å². The van der Waals surface area contributed by atoms with Crippen molar-refractivity contribution in [1.29, 1.82) is 0 Å². The number of nitrogens with zero attached hydrogens (tertiary/aromatic N) is 1. The predicted molar refractivity (Wildman–Crippen MR) is 73.4 cm³/mol. The molecule has 0 saturated carbocycles. The second-order valence-electron chi connectivity index (χ2n) is 4.58. The van der Waals surface area contributed by atoms with Crippen molar-refractivity contribution in [2.24, 2.45) is 0 Å². The second kappa shape index (κ2) is 5.80. The Morgan fingerprint density at radius 2 is 2.35 bits per heavy atom. The number of halogens is 1. The van der Waals surface area contributed by atoms with Crippen molar-refractivity contribution in [3.63, 3.8) is 0 Å². The van der Waals surface area contributed by atoms with Gasteiger partial charge in [0.2, 0.25) is 0 Å². The van der Waals surface area contributed by atoms with Gasteiger partial charge in [0, 0.05) is 28.5 Å². The van der Waals surface area contributed by atoms with E-state index in [0.717, 1.165) is 22.4 Å². The highest BCUT2D eigenvalue weighted by Gasteiger charge is 2.30. The average Bonchev–Trinajstić information content (AvgIpc) is 2.74. The molecule has 1 fully saturated rings. The predicted octanol–water partition coefficient (Wildman–Crippen LogP) is 2.65. The van der Waals surface area contributed by atoms with Crippen LogP contribution in [0, 0.1) is 0 Å². The Labute approximate surface area is 115 Å². The SMILES string of the molecule is CC(C)N1CCOC(C(O)c2sccc2Br)C1. The summed E-state index contributed by atoms with van der Waals surface area (Å²) in [6, 6.07) is 2.46. The van der Waals surface area contributed by atoms with Gasteiger partial charge >= 0.3 is 0 Å².